The Labute approximate surface area is 167 Å². The van der Waals surface area contributed by atoms with Gasteiger partial charge in [-0.15, -0.1) is 0 Å². The summed E-state index contributed by atoms with van der Waals surface area (Å²) in [6.45, 7) is 2.27. The first-order chi connectivity index (χ1) is 13.8. The Morgan fingerprint density at radius 2 is 1.93 bits per heavy atom. The number of hydrogen-bond acceptors (Lipinski definition) is 6. The van der Waals surface area contributed by atoms with Gasteiger partial charge in [-0.05, 0) is 48.9 Å². The van der Waals surface area contributed by atoms with Gasteiger partial charge in [0, 0.05) is 24.5 Å². The topological polar surface area (TPSA) is 123 Å². The Morgan fingerprint density at radius 1 is 1.17 bits per heavy atom. The molecule has 0 spiro atoms. The van der Waals surface area contributed by atoms with Crippen LogP contribution in [-0.4, -0.2) is 27.9 Å². The number of nitrogens with two attached hydrogens (primary N) is 1. The van der Waals surface area contributed by atoms with Crippen LogP contribution in [-0.2, 0) is 16.6 Å². The predicted octanol–water partition coefficient (Wildman–Crippen LogP) is 2.67. The van der Waals surface area contributed by atoms with Crippen LogP contribution in [0.15, 0.2) is 65.8 Å². The average Bonchev–Trinajstić information content (AvgIpc) is 3.03. The molecular formula is C20H19N5O3S. The predicted molar refractivity (Wildman–Crippen MR) is 110 cm³/mol. The van der Waals surface area contributed by atoms with Crippen LogP contribution in [0.1, 0.15) is 11.3 Å². The fourth-order valence-corrected chi connectivity index (χ4v) is 3.78. The van der Waals surface area contributed by atoms with E-state index < -0.39 is 10.0 Å². The smallest absolute Gasteiger partial charge is 0.238 e. The van der Waals surface area contributed by atoms with E-state index in [0.29, 0.717) is 18.0 Å². The maximum absolute atomic E-state index is 11.5. The van der Waals surface area contributed by atoms with Crippen molar-refractivity contribution in [3.8, 4) is 17.0 Å². The van der Waals surface area contributed by atoms with E-state index in [1.807, 2.05) is 29.7 Å². The van der Waals surface area contributed by atoms with Gasteiger partial charge in [0.05, 0.1) is 16.3 Å². The Kier molecular flexibility index (Phi) is 4.69. The molecule has 0 saturated heterocycles. The van der Waals surface area contributed by atoms with Crippen LogP contribution >= 0.6 is 0 Å². The Balaban J connectivity index is 1.68. The monoisotopic (exact) mass is 409 g/mol. The second kappa shape index (κ2) is 7.19. The lowest BCUT2D eigenvalue weighted by Crippen LogP contribution is -2.12. The first-order valence-electron chi connectivity index (χ1n) is 8.81. The van der Waals surface area contributed by atoms with Gasteiger partial charge in [-0.2, -0.15) is 0 Å². The summed E-state index contributed by atoms with van der Waals surface area (Å²) in [5, 5.41) is 18.0. The van der Waals surface area contributed by atoms with E-state index in [1.165, 1.54) is 12.1 Å². The number of primary sulfonamides is 1. The van der Waals surface area contributed by atoms with Gasteiger partial charge in [0.2, 0.25) is 10.0 Å². The van der Waals surface area contributed by atoms with Crippen molar-refractivity contribution in [2.75, 3.05) is 5.32 Å². The number of phenolic OH excluding ortho intramolecular Hbond substituents is 1. The van der Waals surface area contributed by atoms with Crippen LogP contribution in [0, 0.1) is 6.92 Å². The summed E-state index contributed by atoms with van der Waals surface area (Å²) in [7, 11) is -3.76. The van der Waals surface area contributed by atoms with Crippen LogP contribution in [0.4, 0.5) is 5.82 Å². The number of anilines is 1. The Hall–Kier alpha value is -3.43. The van der Waals surface area contributed by atoms with E-state index in [0.717, 1.165) is 22.5 Å². The largest absolute Gasteiger partial charge is 0.508 e. The molecule has 0 amide bonds. The van der Waals surface area contributed by atoms with E-state index >= 15 is 0 Å². The zero-order valence-electron chi connectivity index (χ0n) is 15.6. The number of rotatable bonds is 5. The molecule has 0 bridgehead atoms. The van der Waals surface area contributed by atoms with Crippen molar-refractivity contribution in [3.63, 3.8) is 0 Å². The second-order valence-corrected chi connectivity index (χ2v) is 8.17. The summed E-state index contributed by atoms with van der Waals surface area (Å²) in [5.41, 5.74) is 4.05. The first-order valence-corrected chi connectivity index (χ1v) is 10.4. The zero-order valence-corrected chi connectivity index (χ0v) is 16.4. The molecule has 2 heterocycles. The number of fused-ring (bicyclic) bond motifs is 1. The molecule has 0 aliphatic heterocycles. The quantitative estimate of drug-likeness (QED) is 0.466. The number of aromatic hydroxyl groups is 1. The lowest BCUT2D eigenvalue weighted by molar-refractivity contribution is 0.475. The molecule has 4 rings (SSSR count). The maximum atomic E-state index is 11.5. The fraction of sp³-hybridized carbons (Fsp3) is 0.100. The molecule has 0 atom stereocenters. The maximum Gasteiger partial charge on any atom is 0.238 e. The summed E-state index contributed by atoms with van der Waals surface area (Å²) in [4.78, 5) is 9.08. The number of nitrogens with zero attached hydrogens (tertiary/aromatic N) is 3. The van der Waals surface area contributed by atoms with E-state index in [-0.39, 0.29) is 10.6 Å². The lowest BCUT2D eigenvalue weighted by Gasteiger charge is -2.09. The van der Waals surface area contributed by atoms with Gasteiger partial charge in [0.25, 0.3) is 0 Å². The first kappa shape index (κ1) is 18.9. The van der Waals surface area contributed by atoms with Gasteiger partial charge in [-0.1, -0.05) is 12.1 Å². The Morgan fingerprint density at radius 3 is 2.66 bits per heavy atom. The van der Waals surface area contributed by atoms with E-state index in [2.05, 4.69) is 15.3 Å². The molecule has 0 saturated carbocycles. The van der Waals surface area contributed by atoms with Crippen molar-refractivity contribution in [1.29, 1.82) is 0 Å². The van der Waals surface area contributed by atoms with E-state index in [1.54, 1.807) is 30.5 Å². The molecule has 0 fully saturated rings. The van der Waals surface area contributed by atoms with Crippen molar-refractivity contribution < 1.29 is 13.5 Å². The molecule has 4 N–H and O–H groups in total. The molecule has 2 aromatic heterocycles. The average molecular weight is 409 g/mol. The minimum absolute atomic E-state index is 0.0641. The molecule has 0 radical (unpaired) electrons. The number of benzene rings is 2. The normalized spacial score (nSPS) is 11.7. The van der Waals surface area contributed by atoms with Crippen molar-refractivity contribution >= 4 is 21.5 Å². The molecule has 4 aromatic rings. The van der Waals surface area contributed by atoms with Gasteiger partial charge in [0.15, 0.2) is 11.5 Å². The molecule has 0 aliphatic carbocycles. The van der Waals surface area contributed by atoms with Crippen LogP contribution in [0.25, 0.3) is 16.9 Å². The standard InChI is InChI=1S/C20H19N5O3S/c1-13-18(15-5-7-16(26)8-6-15)25-10-9-22-19(20(25)24-13)23-12-14-3-2-4-17(11-14)29(21,27)28/h2-11,26H,12H2,1H3,(H,22,23)(H2,21,27,28). The van der Waals surface area contributed by atoms with Gasteiger partial charge in [-0.3, -0.25) is 4.40 Å². The zero-order chi connectivity index (χ0) is 20.6. The van der Waals surface area contributed by atoms with Gasteiger partial charge >= 0.3 is 0 Å². The van der Waals surface area contributed by atoms with Crippen molar-refractivity contribution in [2.45, 2.75) is 18.4 Å². The molecule has 29 heavy (non-hydrogen) atoms. The fourth-order valence-electron chi connectivity index (χ4n) is 3.20. The van der Waals surface area contributed by atoms with Gasteiger partial charge in [0.1, 0.15) is 5.75 Å². The van der Waals surface area contributed by atoms with Crippen LogP contribution in [0.5, 0.6) is 5.75 Å². The summed E-state index contributed by atoms with van der Waals surface area (Å²) in [6, 6.07) is 13.4. The molecule has 2 aromatic carbocycles. The van der Waals surface area contributed by atoms with Crippen LogP contribution in [0.2, 0.25) is 0 Å². The highest BCUT2D eigenvalue weighted by Gasteiger charge is 2.15. The number of sulfonamides is 1. The minimum atomic E-state index is -3.76. The number of phenols is 1. The highest BCUT2D eigenvalue weighted by atomic mass is 32.2. The third-order valence-electron chi connectivity index (χ3n) is 4.54. The molecule has 9 heteroatoms. The lowest BCUT2D eigenvalue weighted by atomic mass is 10.1. The number of imidazole rings is 1. The highest BCUT2D eigenvalue weighted by Crippen LogP contribution is 2.28. The number of aromatic nitrogens is 3. The SMILES string of the molecule is Cc1nc2c(NCc3cccc(S(N)(=O)=O)c3)nccn2c1-c1ccc(O)cc1. The van der Waals surface area contributed by atoms with Crippen molar-refractivity contribution in [2.24, 2.45) is 5.14 Å². The molecular weight excluding hydrogens is 390 g/mol. The second-order valence-electron chi connectivity index (χ2n) is 6.61. The van der Waals surface area contributed by atoms with Gasteiger partial charge < -0.3 is 10.4 Å². The molecule has 0 unspecified atom stereocenters. The summed E-state index contributed by atoms with van der Waals surface area (Å²) in [6.07, 6.45) is 3.49. The highest BCUT2D eigenvalue weighted by molar-refractivity contribution is 7.89. The number of hydrogen-bond donors (Lipinski definition) is 3. The van der Waals surface area contributed by atoms with E-state index in [4.69, 9.17) is 5.14 Å². The number of nitrogens with one attached hydrogen (secondary N) is 1. The van der Waals surface area contributed by atoms with Crippen molar-refractivity contribution in [1.82, 2.24) is 14.4 Å². The summed E-state index contributed by atoms with van der Waals surface area (Å²) < 4.78 is 25.0. The molecule has 0 aliphatic rings. The third-order valence-corrected chi connectivity index (χ3v) is 5.46. The van der Waals surface area contributed by atoms with Gasteiger partial charge in [-0.25, -0.2) is 23.5 Å². The summed E-state index contributed by atoms with van der Waals surface area (Å²) in [5.74, 6) is 0.771. The summed E-state index contributed by atoms with van der Waals surface area (Å²) >= 11 is 0. The van der Waals surface area contributed by atoms with Crippen LogP contribution < -0.4 is 10.5 Å². The minimum Gasteiger partial charge on any atom is -0.508 e. The third kappa shape index (κ3) is 3.78. The van der Waals surface area contributed by atoms with E-state index in [9.17, 15) is 13.5 Å². The molecule has 148 valence electrons. The van der Waals surface area contributed by atoms with Crippen molar-refractivity contribution in [3.05, 3.63) is 72.2 Å². The molecule has 8 nitrogen and oxygen atoms in total. The number of aryl methyl sites for hydroxylation is 1. The van der Waals surface area contributed by atoms with Crippen LogP contribution in [0.3, 0.4) is 0 Å². The Bertz CT molecular complexity index is 1300.